The highest BCUT2D eigenvalue weighted by Crippen LogP contribution is 2.33. The molecule has 1 aromatic carbocycles. The Morgan fingerprint density at radius 1 is 1.20 bits per heavy atom. The maximum absolute atomic E-state index is 12.3. The first-order valence-electron chi connectivity index (χ1n) is 8.86. The zero-order chi connectivity index (χ0) is 17.8. The van der Waals surface area contributed by atoms with Crippen molar-refractivity contribution in [2.75, 3.05) is 26.3 Å². The number of ether oxygens (including phenoxy) is 2. The van der Waals surface area contributed by atoms with Crippen molar-refractivity contribution in [3.8, 4) is 5.75 Å². The number of hydrogen-bond donors (Lipinski definition) is 1. The van der Waals surface area contributed by atoms with Crippen molar-refractivity contribution in [2.45, 2.75) is 32.3 Å². The van der Waals surface area contributed by atoms with Crippen LogP contribution in [-0.2, 0) is 14.3 Å². The smallest absolute Gasteiger partial charge is 0.309 e. The van der Waals surface area contributed by atoms with Gasteiger partial charge in [-0.3, -0.25) is 9.59 Å². The number of likely N-dealkylation sites (tertiary alicyclic amines) is 1. The second-order valence-electron chi connectivity index (χ2n) is 6.89. The third kappa shape index (κ3) is 4.31. The number of nitrogens with zero attached hydrogens (tertiary/aromatic N) is 1. The molecule has 1 amide bonds. The van der Waals surface area contributed by atoms with Gasteiger partial charge in [-0.1, -0.05) is 17.7 Å². The van der Waals surface area contributed by atoms with Crippen LogP contribution in [0.5, 0.6) is 5.75 Å². The first kappa shape index (κ1) is 17.7. The third-order valence-corrected chi connectivity index (χ3v) is 5.19. The highest BCUT2D eigenvalue weighted by Gasteiger charge is 2.40. The lowest BCUT2D eigenvalue weighted by molar-refractivity contribution is -0.146. The van der Waals surface area contributed by atoms with E-state index in [-0.39, 0.29) is 24.5 Å². The Balaban J connectivity index is 1.46. The summed E-state index contributed by atoms with van der Waals surface area (Å²) in [6.45, 7) is 3.82. The zero-order valence-corrected chi connectivity index (χ0v) is 14.5. The SMILES string of the molecule is Cc1ccc(OCC(=O)N2CCC([C@@H]3OCCC3C(=O)O)CC2)cc1. The summed E-state index contributed by atoms with van der Waals surface area (Å²) < 4.78 is 11.2. The van der Waals surface area contributed by atoms with Gasteiger partial charge in [0.25, 0.3) is 5.91 Å². The van der Waals surface area contributed by atoms with Crippen molar-refractivity contribution >= 4 is 11.9 Å². The first-order chi connectivity index (χ1) is 12.0. The summed E-state index contributed by atoms with van der Waals surface area (Å²) in [7, 11) is 0. The third-order valence-electron chi connectivity index (χ3n) is 5.19. The van der Waals surface area contributed by atoms with Crippen molar-refractivity contribution in [2.24, 2.45) is 11.8 Å². The Labute approximate surface area is 147 Å². The molecule has 0 bridgehead atoms. The van der Waals surface area contributed by atoms with Crippen LogP contribution in [0, 0.1) is 18.8 Å². The minimum absolute atomic E-state index is 0.0267. The molecular formula is C19H25NO5. The van der Waals surface area contributed by atoms with Crippen LogP contribution >= 0.6 is 0 Å². The van der Waals surface area contributed by atoms with Gasteiger partial charge in [0.15, 0.2) is 6.61 Å². The van der Waals surface area contributed by atoms with Gasteiger partial charge in [0.2, 0.25) is 0 Å². The van der Waals surface area contributed by atoms with Crippen LogP contribution < -0.4 is 4.74 Å². The average molecular weight is 347 g/mol. The van der Waals surface area contributed by atoms with Gasteiger partial charge in [0.05, 0.1) is 12.0 Å². The normalized spacial score (nSPS) is 24.3. The van der Waals surface area contributed by atoms with Gasteiger partial charge in [-0.05, 0) is 44.2 Å². The monoisotopic (exact) mass is 347 g/mol. The van der Waals surface area contributed by atoms with E-state index in [1.54, 1.807) is 4.90 Å². The molecule has 2 heterocycles. The van der Waals surface area contributed by atoms with Gasteiger partial charge in [-0.2, -0.15) is 0 Å². The second-order valence-corrected chi connectivity index (χ2v) is 6.89. The number of rotatable bonds is 5. The quantitative estimate of drug-likeness (QED) is 0.883. The lowest BCUT2D eigenvalue weighted by Gasteiger charge is -2.35. The van der Waals surface area contributed by atoms with Crippen LogP contribution in [-0.4, -0.2) is 54.3 Å². The number of carboxylic acid groups (broad SMARTS) is 1. The molecule has 6 heteroatoms. The summed E-state index contributed by atoms with van der Waals surface area (Å²) in [5.74, 6) is -0.297. The Kier molecular flexibility index (Phi) is 5.58. The van der Waals surface area contributed by atoms with Crippen LogP contribution in [0.2, 0.25) is 0 Å². The number of hydrogen-bond acceptors (Lipinski definition) is 4. The van der Waals surface area contributed by atoms with Gasteiger partial charge < -0.3 is 19.5 Å². The fraction of sp³-hybridized carbons (Fsp3) is 0.579. The highest BCUT2D eigenvalue weighted by atomic mass is 16.5. The van der Waals surface area contributed by atoms with E-state index in [0.717, 1.165) is 18.4 Å². The minimum Gasteiger partial charge on any atom is -0.484 e. The molecule has 0 spiro atoms. The first-order valence-corrected chi connectivity index (χ1v) is 8.86. The lowest BCUT2D eigenvalue weighted by Crippen LogP contribution is -2.44. The number of aliphatic carboxylic acids is 1. The molecule has 0 aliphatic carbocycles. The van der Waals surface area contributed by atoms with Gasteiger partial charge >= 0.3 is 5.97 Å². The number of carboxylic acids is 1. The minimum atomic E-state index is -0.771. The van der Waals surface area contributed by atoms with E-state index in [2.05, 4.69) is 0 Å². The number of carbonyl (C=O) groups is 2. The van der Waals surface area contributed by atoms with E-state index in [4.69, 9.17) is 9.47 Å². The van der Waals surface area contributed by atoms with Crippen molar-refractivity contribution < 1.29 is 24.2 Å². The molecule has 2 aliphatic heterocycles. The van der Waals surface area contributed by atoms with Gasteiger partial charge in [-0.15, -0.1) is 0 Å². The molecule has 136 valence electrons. The van der Waals surface area contributed by atoms with Crippen molar-refractivity contribution in [1.82, 2.24) is 4.90 Å². The average Bonchev–Trinajstić information content (AvgIpc) is 3.11. The number of aryl methyl sites for hydroxylation is 1. The Bertz CT molecular complexity index is 607. The molecule has 1 N–H and O–H groups in total. The van der Waals surface area contributed by atoms with Crippen molar-refractivity contribution in [3.05, 3.63) is 29.8 Å². The van der Waals surface area contributed by atoms with Crippen LogP contribution in [0.4, 0.5) is 0 Å². The van der Waals surface area contributed by atoms with E-state index in [9.17, 15) is 14.7 Å². The standard InChI is InChI=1S/C19H25NO5/c1-13-2-4-15(5-3-13)25-12-17(21)20-9-6-14(7-10-20)18-16(19(22)23)8-11-24-18/h2-5,14,16,18H,6-12H2,1H3,(H,22,23)/t16?,18-/m0/s1. The maximum Gasteiger partial charge on any atom is 0.309 e. The molecule has 3 rings (SSSR count). The van der Waals surface area contributed by atoms with E-state index in [1.807, 2.05) is 31.2 Å². The topological polar surface area (TPSA) is 76.1 Å². The zero-order valence-electron chi connectivity index (χ0n) is 14.5. The molecule has 1 aromatic rings. The number of carbonyl (C=O) groups excluding carboxylic acids is 1. The summed E-state index contributed by atoms with van der Waals surface area (Å²) in [6.07, 6.45) is 1.94. The molecule has 6 nitrogen and oxygen atoms in total. The molecule has 2 saturated heterocycles. The van der Waals surface area contributed by atoms with E-state index >= 15 is 0 Å². The van der Waals surface area contributed by atoms with E-state index in [0.29, 0.717) is 31.9 Å². The molecule has 2 aliphatic rings. The molecule has 2 fully saturated rings. The van der Waals surface area contributed by atoms with Crippen LogP contribution in [0.1, 0.15) is 24.8 Å². The summed E-state index contributed by atoms with van der Waals surface area (Å²) in [5, 5.41) is 9.29. The van der Waals surface area contributed by atoms with Crippen LogP contribution in [0.25, 0.3) is 0 Å². The summed E-state index contributed by atoms with van der Waals surface area (Å²) in [4.78, 5) is 25.4. The largest absolute Gasteiger partial charge is 0.484 e. The Morgan fingerprint density at radius 2 is 1.88 bits per heavy atom. The number of benzene rings is 1. The fourth-order valence-corrected chi connectivity index (χ4v) is 3.69. The van der Waals surface area contributed by atoms with Gasteiger partial charge in [-0.25, -0.2) is 0 Å². The molecule has 0 radical (unpaired) electrons. The highest BCUT2D eigenvalue weighted by molar-refractivity contribution is 5.77. The molecule has 2 atom stereocenters. The summed E-state index contributed by atoms with van der Waals surface area (Å²) in [6, 6.07) is 7.62. The van der Waals surface area contributed by atoms with Crippen LogP contribution in [0.3, 0.4) is 0 Å². The van der Waals surface area contributed by atoms with Crippen LogP contribution in [0.15, 0.2) is 24.3 Å². The van der Waals surface area contributed by atoms with Crippen molar-refractivity contribution in [1.29, 1.82) is 0 Å². The van der Waals surface area contributed by atoms with Crippen molar-refractivity contribution in [3.63, 3.8) is 0 Å². The molecule has 1 unspecified atom stereocenters. The van der Waals surface area contributed by atoms with Gasteiger partial charge in [0, 0.05) is 19.7 Å². The molecular weight excluding hydrogens is 322 g/mol. The predicted octanol–water partition coefficient (Wildman–Crippen LogP) is 2.10. The predicted molar refractivity (Wildman–Crippen MR) is 91.5 cm³/mol. The molecule has 25 heavy (non-hydrogen) atoms. The number of piperidine rings is 1. The molecule has 0 aromatic heterocycles. The molecule has 0 saturated carbocycles. The maximum atomic E-state index is 12.3. The summed E-state index contributed by atoms with van der Waals surface area (Å²) >= 11 is 0. The Hall–Kier alpha value is -2.08. The fourth-order valence-electron chi connectivity index (χ4n) is 3.69. The lowest BCUT2D eigenvalue weighted by atomic mass is 9.84. The Morgan fingerprint density at radius 3 is 2.52 bits per heavy atom. The number of amides is 1. The summed E-state index contributed by atoms with van der Waals surface area (Å²) in [5.41, 5.74) is 1.15. The second kappa shape index (κ2) is 7.87. The van der Waals surface area contributed by atoms with E-state index in [1.165, 1.54) is 0 Å². The van der Waals surface area contributed by atoms with E-state index < -0.39 is 11.9 Å². The van der Waals surface area contributed by atoms with Gasteiger partial charge in [0.1, 0.15) is 5.75 Å².